The van der Waals surface area contributed by atoms with Crippen LogP contribution in [-0.2, 0) is 0 Å². The first kappa shape index (κ1) is 17.5. The Morgan fingerprint density at radius 2 is 1.62 bits per heavy atom. The summed E-state index contributed by atoms with van der Waals surface area (Å²) in [6, 6.07) is 26.9. The molecule has 0 amide bonds. The number of anilines is 2. The predicted octanol–water partition coefficient (Wildman–Crippen LogP) is 4.22. The van der Waals surface area contributed by atoms with Gasteiger partial charge in [-0.2, -0.15) is 5.26 Å². The Labute approximate surface area is 158 Å². The molecule has 0 radical (unpaired) electrons. The van der Waals surface area contributed by atoms with Gasteiger partial charge in [0.25, 0.3) is 0 Å². The smallest absolute Gasteiger partial charge is 0.171 e. The van der Waals surface area contributed by atoms with E-state index in [9.17, 15) is 0 Å². The molecule has 3 aromatic carbocycles. The zero-order chi connectivity index (χ0) is 18.4. The maximum absolute atomic E-state index is 8.89. The quantitative estimate of drug-likeness (QED) is 0.481. The number of nitrogens with one attached hydrogen (secondary N) is 2. The van der Waals surface area contributed by atoms with Crippen LogP contribution in [0, 0.1) is 11.3 Å². The minimum absolute atomic E-state index is 0.127. The average molecular weight is 358 g/mol. The van der Waals surface area contributed by atoms with Crippen LogP contribution in [0.5, 0.6) is 0 Å². The highest BCUT2D eigenvalue weighted by Crippen LogP contribution is 2.24. The maximum Gasteiger partial charge on any atom is 0.171 e. The van der Waals surface area contributed by atoms with Crippen LogP contribution in [0.15, 0.2) is 78.9 Å². The highest BCUT2D eigenvalue weighted by Gasteiger charge is 2.15. The second-order valence-electron chi connectivity index (χ2n) is 5.80. The van der Waals surface area contributed by atoms with Crippen LogP contribution in [0.3, 0.4) is 0 Å². The van der Waals surface area contributed by atoms with Gasteiger partial charge in [0.05, 0.1) is 17.7 Å². The van der Waals surface area contributed by atoms with Gasteiger partial charge in [-0.05, 0) is 59.7 Å². The van der Waals surface area contributed by atoms with Crippen molar-refractivity contribution in [2.75, 3.05) is 11.1 Å². The van der Waals surface area contributed by atoms with Gasteiger partial charge in [-0.3, -0.25) is 0 Å². The van der Waals surface area contributed by atoms with Gasteiger partial charge in [-0.25, -0.2) is 0 Å². The van der Waals surface area contributed by atoms with Crippen molar-refractivity contribution in [3.8, 4) is 6.07 Å². The van der Waals surface area contributed by atoms with E-state index in [-0.39, 0.29) is 6.04 Å². The van der Waals surface area contributed by atoms with Crippen molar-refractivity contribution >= 4 is 28.7 Å². The molecule has 4 nitrogen and oxygen atoms in total. The van der Waals surface area contributed by atoms with Crippen molar-refractivity contribution in [2.24, 2.45) is 0 Å². The van der Waals surface area contributed by atoms with Crippen LogP contribution in [0.4, 0.5) is 11.4 Å². The molecule has 5 heteroatoms. The van der Waals surface area contributed by atoms with Crippen molar-refractivity contribution in [1.82, 2.24) is 5.32 Å². The van der Waals surface area contributed by atoms with Crippen LogP contribution in [0.2, 0.25) is 0 Å². The number of rotatable bonds is 4. The fourth-order valence-corrected chi connectivity index (χ4v) is 2.91. The van der Waals surface area contributed by atoms with Gasteiger partial charge in [0.15, 0.2) is 5.11 Å². The Morgan fingerprint density at radius 3 is 2.27 bits per heavy atom. The Morgan fingerprint density at radius 1 is 0.923 bits per heavy atom. The van der Waals surface area contributed by atoms with Crippen molar-refractivity contribution in [3.63, 3.8) is 0 Å². The average Bonchev–Trinajstić information content (AvgIpc) is 2.67. The highest BCUT2D eigenvalue weighted by atomic mass is 32.1. The molecule has 0 saturated heterocycles. The molecule has 0 heterocycles. The summed E-state index contributed by atoms with van der Waals surface area (Å²) in [5, 5.41) is 15.9. The van der Waals surface area contributed by atoms with E-state index in [4.69, 9.17) is 23.2 Å². The lowest BCUT2D eigenvalue weighted by atomic mass is 9.98. The molecule has 0 aromatic heterocycles. The summed E-state index contributed by atoms with van der Waals surface area (Å²) >= 11 is 5.49. The number of nitrogen functional groups attached to an aromatic ring is 1. The molecule has 0 bridgehead atoms. The summed E-state index contributed by atoms with van der Waals surface area (Å²) in [6.07, 6.45) is 0. The summed E-state index contributed by atoms with van der Waals surface area (Å²) in [6.45, 7) is 0. The number of thiocarbonyl (C=S) groups is 1. The van der Waals surface area contributed by atoms with Crippen LogP contribution < -0.4 is 16.4 Å². The molecular formula is C21H18N4S. The van der Waals surface area contributed by atoms with Crippen molar-refractivity contribution < 1.29 is 0 Å². The first-order chi connectivity index (χ1) is 12.7. The molecule has 1 unspecified atom stereocenters. The Balaban J connectivity index is 1.81. The summed E-state index contributed by atoms with van der Waals surface area (Å²) < 4.78 is 0. The van der Waals surface area contributed by atoms with Crippen molar-refractivity contribution in [3.05, 3.63) is 95.6 Å². The topological polar surface area (TPSA) is 73.9 Å². The number of nitriles is 1. The summed E-state index contributed by atoms with van der Waals surface area (Å²) in [4.78, 5) is 0. The highest BCUT2D eigenvalue weighted by molar-refractivity contribution is 7.80. The number of nitrogens with two attached hydrogens (primary N) is 1. The van der Waals surface area contributed by atoms with Gasteiger partial charge in [-0.1, -0.05) is 42.5 Å². The first-order valence-corrected chi connectivity index (χ1v) is 8.54. The molecule has 0 saturated carbocycles. The number of benzene rings is 3. The molecular weight excluding hydrogens is 340 g/mol. The predicted molar refractivity (Wildman–Crippen MR) is 110 cm³/mol. The van der Waals surface area contributed by atoms with E-state index in [0.717, 1.165) is 16.8 Å². The SMILES string of the molecule is N#Cc1ccc(NC(=S)NC(c2ccccc2)c2cccc(N)c2)cc1. The van der Waals surface area contributed by atoms with Gasteiger partial charge < -0.3 is 16.4 Å². The lowest BCUT2D eigenvalue weighted by Gasteiger charge is -2.22. The summed E-state index contributed by atoms with van der Waals surface area (Å²) in [5.74, 6) is 0. The Hall–Kier alpha value is -3.36. The zero-order valence-corrected chi connectivity index (χ0v) is 14.8. The van der Waals surface area contributed by atoms with E-state index in [1.54, 1.807) is 12.1 Å². The molecule has 0 aliphatic carbocycles. The summed E-state index contributed by atoms with van der Waals surface area (Å²) in [7, 11) is 0. The monoisotopic (exact) mass is 358 g/mol. The molecule has 3 rings (SSSR count). The van der Waals surface area contributed by atoms with Crippen LogP contribution in [0.25, 0.3) is 0 Å². The normalized spacial score (nSPS) is 11.2. The number of hydrogen-bond donors (Lipinski definition) is 3. The van der Waals surface area contributed by atoms with Crippen molar-refractivity contribution in [1.29, 1.82) is 5.26 Å². The van der Waals surface area contributed by atoms with Gasteiger partial charge in [-0.15, -0.1) is 0 Å². The minimum Gasteiger partial charge on any atom is -0.399 e. The molecule has 3 aromatic rings. The fraction of sp³-hybridized carbons (Fsp3) is 0.0476. The van der Waals surface area contributed by atoms with E-state index >= 15 is 0 Å². The lowest BCUT2D eigenvalue weighted by molar-refractivity contribution is 0.769. The molecule has 128 valence electrons. The van der Waals surface area contributed by atoms with E-state index in [1.165, 1.54) is 0 Å². The third-order valence-corrected chi connectivity index (χ3v) is 4.14. The van der Waals surface area contributed by atoms with Gasteiger partial charge >= 0.3 is 0 Å². The molecule has 0 aliphatic rings. The van der Waals surface area contributed by atoms with E-state index in [1.807, 2.05) is 66.7 Å². The number of nitrogens with zero attached hydrogens (tertiary/aromatic N) is 1. The van der Waals surface area contributed by atoms with Gasteiger partial charge in [0, 0.05) is 11.4 Å². The molecule has 1 atom stereocenters. The largest absolute Gasteiger partial charge is 0.399 e. The first-order valence-electron chi connectivity index (χ1n) is 8.14. The van der Waals surface area contributed by atoms with Gasteiger partial charge in [0.1, 0.15) is 0 Å². The third-order valence-electron chi connectivity index (χ3n) is 3.92. The maximum atomic E-state index is 8.89. The second kappa shape index (κ2) is 8.15. The van der Waals surface area contributed by atoms with Gasteiger partial charge in [0.2, 0.25) is 0 Å². The second-order valence-corrected chi connectivity index (χ2v) is 6.21. The third kappa shape index (κ3) is 4.38. The van der Waals surface area contributed by atoms with Crippen LogP contribution >= 0.6 is 12.2 Å². The molecule has 0 spiro atoms. The molecule has 4 N–H and O–H groups in total. The standard InChI is InChI=1S/C21H18N4S/c22-14-15-9-11-19(12-10-15)24-21(26)25-20(16-5-2-1-3-6-16)17-7-4-8-18(23)13-17/h1-13,20H,23H2,(H2,24,25,26). The number of hydrogen-bond acceptors (Lipinski definition) is 3. The van der Waals surface area contributed by atoms with E-state index in [2.05, 4.69) is 16.7 Å². The lowest BCUT2D eigenvalue weighted by Crippen LogP contribution is -2.33. The Bertz CT molecular complexity index is 930. The molecule has 0 fully saturated rings. The van der Waals surface area contributed by atoms with Crippen LogP contribution in [-0.4, -0.2) is 5.11 Å². The Kier molecular flexibility index (Phi) is 5.47. The summed E-state index contributed by atoms with van der Waals surface area (Å²) in [5.41, 5.74) is 10.2. The van der Waals surface area contributed by atoms with E-state index in [0.29, 0.717) is 16.4 Å². The van der Waals surface area contributed by atoms with Crippen molar-refractivity contribution in [2.45, 2.75) is 6.04 Å². The van der Waals surface area contributed by atoms with E-state index < -0.39 is 0 Å². The fourth-order valence-electron chi connectivity index (χ4n) is 2.67. The molecule has 26 heavy (non-hydrogen) atoms. The molecule has 0 aliphatic heterocycles. The zero-order valence-electron chi connectivity index (χ0n) is 14.0. The minimum atomic E-state index is -0.127. The van der Waals surface area contributed by atoms with Crippen LogP contribution in [0.1, 0.15) is 22.7 Å².